The first-order valence-electron chi connectivity index (χ1n) is 8.19. The van der Waals surface area contributed by atoms with Gasteiger partial charge in [-0.1, -0.05) is 48.5 Å². The fraction of sp³-hybridized carbons (Fsp3) is 0.250. The van der Waals surface area contributed by atoms with E-state index in [1.165, 1.54) is 13.8 Å². The highest BCUT2D eigenvalue weighted by molar-refractivity contribution is 5.94. The van der Waals surface area contributed by atoms with Gasteiger partial charge in [-0.15, -0.1) is 0 Å². The molecule has 0 saturated carbocycles. The van der Waals surface area contributed by atoms with Gasteiger partial charge in [0.2, 0.25) is 0 Å². The Labute approximate surface area is 152 Å². The van der Waals surface area contributed by atoms with E-state index in [0.29, 0.717) is 11.1 Å². The van der Waals surface area contributed by atoms with Gasteiger partial charge in [-0.25, -0.2) is 0 Å². The summed E-state index contributed by atoms with van der Waals surface area (Å²) >= 11 is 0. The number of rotatable bonds is 7. The molecular formula is C20H21NO5. The van der Waals surface area contributed by atoms with E-state index >= 15 is 0 Å². The van der Waals surface area contributed by atoms with Crippen molar-refractivity contribution in [2.45, 2.75) is 26.0 Å². The van der Waals surface area contributed by atoms with E-state index in [1.807, 2.05) is 6.07 Å². The molecule has 1 N–H and O–H groups in total. The Bertz CT molecular complexity index is 745. The van der Waals surface area contributed by atoms with Crippen molar-refractivity contribution in [2.24, 2.45) is 0 Å². The van der Waals surface area contributed by atoms with Gasteiger partial charge < -0.3 is 14.8 Å². The Balaban J connectivity index is 2.28. The molecule has 0 heterocycles. The molecule has 0 aliphatic carbocycles. The topological polar surface area (TPSA) is 81.7 Å². The third-order valence-electron chi connectivity index (χ3n) is 3.61. The van der Waals surface area contributed by atoms with Crippen molar-refractivity contribution >= 4 is 17.8 Å². The summed E-state index contributed by atoms with van der Waals surface area (Å²) in [4.78, 5) is 35.4. The molecule has 0 radical (unpaired) electrons. The van der Waals surface area contributed by atoms with Gasteiger partial charge in [-0.2, -0.15) is 0 Å². The second-order valence-corrected chi connectivity index (χ2v) is 5.69. The highest BCUT2D eigenvalue weighted by atomic mass is 16.6. The third kappa shape index (κ3) is 5.73. The van der Waals surface area contributed by atoms with E-state index in [2.05, 4.69) is 5.32 Å². The predicted molar refractivity (Wildman–Crippen MR) is 95.3 cm³/mol. The molecule has 0 aromatic heterocycles. The van der Waals surface area contributed by atoms with Crippen LogP contribution < -0.4 is 5.32 Å². The average molecular weight is 355 g/mol. The van der Waals surface area contributed by atoms with Gasteiger partial charge >= 0.3 is 11.9 Å². The van der Waals surface area contributed by atoms with Crippen molar-refractivity contribution in [3.05, 3.63) is 71.8 Å². The zero-order valence-corrected chi connectivity index (χ0v) is 14.7. The minimum atomic E-state index is -0.791. The third-order valence-corrected chi connectivity index (χ3v) is 3.61. The first-order chi connectivity index (χ1) is 12.5. The van der Waals surface area contributed by atoms with Gasteiger partial charge in [0, 0.05) is 19.4 Å². The summed E-state index contributed by atoms with van der Waals surface area (Å²) in [6.45, 7) is 2.44. The number of esters is 2. The van der Waals surface area contributed by atoms with E-state index in [-0.39, 0.29) is 12.5 Å². The Kier molecular flexibility index (Phi) is 6.91. The molecule has 0 bridgehead atoms. The zero-order valence-electron chi connectivity index (χ0n) is 14.7. The first-order valence-corrected chi connectivity index (χ1v) is 8.19. The van der Waals surface area contributed by atoms with Gasteiger partial charge in [0.05, 0.1) is 0 Å². The lowest BCUT2D eigenvalue weighted by Crippen LogP contribution is -2.44. The van der Waals surface area contributed by atoms with Crippen LogP contribution >= 0.6 is 0 Å². The molecular weight excluding hydrogens is 334 g/mol. The summed E-state index contributed by atoms with van der Waals surface area (Å²) < 4.78 is 10.5. The largest absolute Gasteiger partial charge is 0.464 e. The number of hydrogen-bond acceptors (Lipinski definition) is 5. The van der Waals surface area contributed by atoms with Crippen LogP contribution in [0, 0.1) is 0 Å². The quantitative estimate of drug-likeness (QED) is 0.772. The van der Waals surface area contributed by atoms with E-state index < -0.39 is 24.1 Å². The molecule has 6 nitrogen and oxygen atoms in total. The van der Waals surface area contributed by atoms with E-state index in [4.69, 9.17) is 9.47 Å². The molecule has 0 aliphatic heterocycles. The second kappa shape index (κ2) is 9.36. The first kappa shape index (κ1) is 19.2. The molecule has 2 aromatic carbocycles. The second-order valence-electron chi connectivity index (χ2n) is 5.69. The van der Waals surface area contributed by atoms with Crippen molar-refractivity contribution in [1.29, 1.82) is 0 Å². The fourth-order valence-corrected chi connectivity index (χ4v) is 2.46. The lowest BCUT2D eigenvalue weighted by Gasteiger charge is -2.27. The van der Waals surface area contributed by atoms with Crippen LogP contribution in [-0.4, -0.2) is 30.5 Å². The minimum absolute atomic E-state index is 0.124. The zero-order chi connectivity index (χ0) is 18.9. The molecule has 6 heteroatoms. The lowest BCUT2D eigenvalue weighted by molar-refractivity contribution is -0.151. The Morgan fingerprint density at radius 3 is 2.00 bits per heavy atom. The van der Waals surface area contributed by atoms with Gasteiger partial charge in [0.1, 0.15) is 12.6 Å². The van der Waals surface area contributed by atoms with Crippen LogP contribution in [0.25, 0.3) is 0 Å². The van der Waals surface area contributed by atoms with Crippen LogP contribution in [0.2, 0.25) is 0 Å². The monoisotopic (exact) mass is 355 g/mol. The van der Waals surface area contributed by atoms with Gasteiger partial charge in [-0.3, -0.25) is 14.4 Å². The Hall–Kier alpha value is -3.15. The maximum atomic E-state index is 12.5. The smallest absolute Gasteiger partial charge is 0.303 e. The van der Waals surface area contributed by atoms with E-state index in [0.717, 1.165) is 0 Å². The molecule has 136 valence electrons. The van der Waals surface area contributed by atoms with Crippen LogP contribution in [0.1, 0.15) is 35.9 Å². The van der Waals surface area contributed by atoms with Crippen LogP contribution in [0.3, 0.4) is 0 Å². The van der Waals surface area contributed by atoms with E-state index in [9.17, 15) is 14.4 Å². The summed E-state index contributed by atoms with van der Waals surface area (Å²) in [5.41, 5.74) is 1.14. The average Bonchev–Trinajstić information content (AvgIpc) is 2.64. The molecule has 2 atom stereocenters. The number of nitrogens with one attached hydrogen (secondary N) is 1. The number of ether oxygens (including phenoxy) is 2. The van der Waals surface area contributed by atoms with Crippen LogP contribution in [0.15, 0.2) is 60.7 Å². The van der Waals surface area contributed by atoms with Crippen molar-refractivity contribution < 1.29 is 23.9 Å². The molecule has 0 saturated heterocycles. The van der Waals surface area contributed by atoms with Crippen molar-refractivity contribution in [1.82, 2.24) is 5.32 Å². The van der Waals surface area contributed by atoms with Crippen LogP contribution in [0.5, 0.6) is 0 Å². The Morgan fingerprint density at radius 2 is 1.46 bits per heavy atom. The lowest BCUT2D eigenvalue weighted by atomic mass is 10.0. The summed E-state index contributed by atoms with van der Waals surface area (Å²) in [6.07, 6.45) is -0.791. The van der Waals surface area contributed by atoms with Crippen LogP contribution in [0.4, 0.5) is 0 Å². The van der Waals surface area contributed by atoms with Gasteiger partial charge in [0.25, 0.3) is 5.91 Å². The standard InChI is InChI=1S/C20H21NO5/c1-14(22)25-13-18(21-20(24)17-11-7-4-8-12-17)19(26-15(2)23)16-9-5-3-6-10-16/h3-12,18-19H,13H2,1-2H3,(H,21,24). The number of benzene rings is 2. The van der Waals surface area contributed by atoms with Crippen molar-refractivity contribution in [3.8, 4) is 0 Å². The summed E-state index contributed by atoms with van der Waals surface area (Å²) in [5, 5.41) is 2.80. The number of carbonyl (C=O) groups is 3. The molecule has 26 heavy (non-hydrogen) atoms. The molecule has 1 amide bonds. The van der Waals surface area contributed by atoms with Gasteiger partial charge in [0.15, 0.2) is 6.10 Å². The fourth-order valence-electron chi connectivity index (χ4n) is 2.46. The molecule has 0 spiro atoms. The number of carbonyl (C=O) groups excluding carboxylic acids is 3. The van der Waals surface area contributed by atoms with Crippen molar-refractivity contribution in [3.63, 3.8) is 0 Å². The molecule has 2 unspecified atom stereocenters. The van der Waals surface area contributed by atoms with Crippen LogP contribution in [-0.2, 0) is 19.1 Å². The van der Waals surface area contributed by atoms with Crippen molar-refractivity contribution in [2.75, 3.05) is 6.61 Å². The summed E-state index contributed by atoms with van der Waals surface area (Å²) in [7, 11) is 0. The highest BCUT2D eigenvalue weighted by Gasteiger charge is 2.29. The summed E-state index contributed by atoms with van der Waals surface area (Å²) in [5.74, 6) is -1.34. The maximum Gasteiger partial charge on any atom is 0.303 e. The normalized spacial score (nSPS) is 12.5. The van der Waals surface area contributed by atoms with E-state index in [1.54, 1.807) is 54.6 Å². The predicted octanol–water partition coefficient (Wildman–Crippen LogP) is 2.65. The number of amides is 1. The Morgan fingerprint density at radius 1 is 0.885 bits per heavy atom. The molecule has 0 aliphatic rings. The molecule has 2 rings (SSSR count). The number of hydrogen-bond donors (Lipinski definition) is 1. The highest BCUT2D eigenvalue weighted by Crippen LogP contribution is 2.22. The maximum absolute atomic E-state index is 12.5. The molecule has 0 fully saturated rings. The molecule has 2 aromatic rings. The minimum Gasteiger partial charge on any atom is -0.464 e. The van der Waals surface area contributed by atoms with Gasteiger partial charge in [-0.05, 0) is 17.7 Å². The SMILES string of the molecule is CC(=O)OCC(NC(=O)c1ccccc1)C(OC(C)=O)c1ccccc1. The summed E-state index contributed by atoms with van der Waals surface area (Å²) in [6, 6.07) is 16.9.